The maximum Gasteiger partial charge on any atom is 0.226 e. The third kappa shape index (κ3) is 4.08. The zero-order valence-electron chi connectivity index (χ0n) is 9.69. The Morgan fingerprint density at radius 3 is 3.00 bits per heavy atom. The Hall–Kier alpha value is -0.910. The Labute approximate surface area is 119 Å². The van der Waals surface area contributed by atoms with Gasteiger partial charge in [-0.05, 0) is 17.9 Å². The fourth-order valence-corrected chi connectivity index (χ4v) is 3.20. The molecule has 2 aromatic rings. The van der Waals surface area contributed by atoms with Gasteiger partial charge in [0.15, 0.2) is 0 Å². The molecule has 96 valence electrons. The van der Waals surface area contributed by atoms with Crippen molar-refractivity contribution in [3.8, 4) is 0 Å². The lowest BCUT2D eigenvalue weighted by Crippen LogP contribution is -2.27. The van der Waals surface area contributed by atoms with Crippen LogP contribution in [0.3, 0.4) is 0 Å². The van der Waals surface area contributed by atoms with E-state index in [1.54, 1.807) is 11.3 Å². The molecule has 18 heavy (non-hydrogen) atoms. The highest BCUT2D eigenvalue weighted by Crippen LogP contribution is 2.12. The van der Waals surface area contributed by atoms with E-state index in [1.165, 1.54) is 16.2 Å². The van der Waals surface area contributed by atoms with Gasteiger partial charge in [-0.1, -0.05) is 6.07 Å². The number of carbonyl (C=O) groups excluding carboxylic acids is 1. The molecule has 1 amide bonds. The molecular weight excluding hydrogens is 288 g/mol. The van der Waals surface area contributed by atoms with Gasteiger partial charge in [-0.25, -0.2) is 4.98 Å². The van der Waals surface area contributed by atoms with Gasteiger partial charge in [-0.15, -0.1) is 34.3 Å². The van der Waals surface area contributed by atoms with Gasteiger partial charge in [-0.3, -0.25) is 4.79 Å². The van der Waals surface area contributed by atoms with E-state index in [9.17, 15) is 4.79 Å². The van der Waals surface area contributed by atoms with Crippen LogP contribution in [0.1, 0.15) is 15.6 Å². The molecule has 0 saturated heterocycles. The first-order valence-corrected chi connectivity index (χ1v) is 7.85. The zero-order chi connectivity index (χ0) is 12.8. The molecule has 3 nitrogen and oxygen atoms in total. The lowest BCUT2D eigenvalue weighted by molar-refractivity contribution is -0.120. The van der Waals surface area contributed by atoms with E-state index in [-0.39, 0.29) is 5.91 Å². The summed E-state index contributed by atoms with van der Waals surface area (Å²) >= 11 is 8.85. The number of halogens is 1. The van der Waals surface area contributed by atoms with Gasteiger partial charge in [0.25, 0.3) is 0 Å². The van der Waals surface area contributed by atoms with Crippen LogP contribution in [0.4, 0.5) is 0 Å². The second kappa shape index (κ2) is 6.87. The third-order valence-electron chi connectivity index (χ3n) is 2.32. The first-order valence-electron chi connectivity index (χ1n) is 5.56. The first kappa shape index (κ1) is 13.5. The summed E-state index contributed by atoms with van der Waals surface area (Å²) in [6, 6.07) is 4.09. The number of hydrogen-bond acceptors (Lipinski definition) is 4. The minimum atomic E-state index is 0.0158. The predicted octanol–water partition coefficient (Wildman–Crippen LogP) is 2.84. The number of aromatic nitrogens is 1. The largest absolute Gasteiger partial charge is 0.355 e. The molecule has 0 aliphatic heterocycles. The Morgan fingerprint density at radius 2 is 2.33 bits per heavy atom. The molecule has 0 radical (unpaired) electrons. The SMILES string of the molecule is O=C(Cc1nc(CCl)cs1)NCCc1cccs1. The molecule has 2 heterocycles. The molecule has 0 bridgehead atoms. The summed E-state index contributed by atoms with van der Waals surface area (Å²) in [7, 11) is 0. The highest BCUT2D eigenvalue weighted by molar-refractivity contribution is 7.10. The van der Waals surface area contributed by atoms with Gasteiger partial charge < -0.3 is 5.32 Å². The Balaban J connectivity index is 1.71. The Morgan fingerprint density at radius 1 is 1.44 bits per heavy atom. The van der Waals surface area contributed by atoms with Crippen molar-refractivity contribution in [2.24, 2.45) is 0 Å². The number of amides is 1. The lowest BCUT2D eigenvalue weighted by atomic mass is 10.3. The highest BCUT2D eigenvalue weighted by atomic mass is 35.5. The van der Waals surface area contributed by atoms with Crippen molar-refractivity contribution < 1.29 is 4.79 Å². The van der Waals surface area contributed by atoms with Gasteiger partial charge in [0.1, 0.15) is 5.01 Å². The average molecular weight is 301 g/mol. The fourth-order valence-electron chi connectivity index (χ4n) is 1.47. The molecule has 0 aromatic carbocycles. The lowest BCUT2D eigenvalue weighted by Gasteiger charge is -2.02. The minimum Gasteiger partial charge on any atom is -0.355 e. The monoisotopic (exact) mass is 300 g/mol. The first-order chi connectivity index (χ1) is 8.78. The van der Waals surface area contributed by atoms with Crippen LogP contribution >= 0.6 is 34.3 Å². The van der Waals surface area contributed by atoms with E-state index in [2.05, 4.69) is 16.4 Å². The molecule has 0 aliphatic carbocycles. The number of thiazole rings is 1. The Bertz CT molecular complexity index is 496. The van der Waals surface area contributed by atoms with Crippen LogP contribution in [-0.2, 0) is 23.5 Å². The smallest absolute Gasteiger partial charge is 0.226 e. The summed E-state index contributed by atoms with van der Waals surface area (Å²) in [6.45, 7) is 0.674. The van der Waals surface area contributed by atoms with Gasteiger partial charge in [0, 0.05) is 16.8 Å². The van der Waals surface area contributed by atoms with Crippen molar-refractivity contribution >= 4 is 40.2 Å². The van der Waals surface area contributed by atoms with Crippen molar-refractivity contribution in [3.63, 3.8) is 0 Å². The molecule has 0 aliphatic rings. The van der Waals surface area contributed by atoms with Gasteiger partial charge in [0.05, 0.1) is 18.0 Å². The van der Waals surface area contributed by atoms with E-state index >= 15 is 0 Å². The van der Waals surface area contributed by atoms with Crippen LogP contribution in [0.2, 0.25) is 0 Å². The number of rotatable bonds is 6. The van der Waals surface area contributed by atoms with Crippen LogP contribution in [0.25, 0.3) is 0 Å². The molecule has 0 fully saturated rings. The van der Waals surface area contributed by atoms with E-state index < -0.39 is 0 Å². The highest BCUT2D eigenvalue weighted by Gasteiger charge is 2.07. The van der Waals surface area contributed by atoms with Crippen molar-refractivity contribution in [1.29, 1.82) is 0 Å². The maximum atomic E-state index is 11.7. The number of alkyl halides is 1. The van der Waals surface area contributed by atoms with E-state index in [4.69, 9.17) is 11.6 Å². The summed E-state index contributed by atoms with van der Waals surface area (Å²) in [5.74, 6) is 0.415. The topological polar surface area (TPSA) is 42.0 Å². The molecule has 1 N–H and O–H groups in total. The number of thiophene rings is 1. The summed E-state index contributed by atoms with van der Waals surface area (Å²) < 4.78 is 0. The fraction of sp³-hybridized carbons (Fsp3) is 0.333. The predicted molar refractivity (Wildman–Crippen MR) is 76.4 cm³/mol. The zero-order valence-corrected chi connectivity index (χ0v) is 12.1. The second-order valence-corrected chi connectivity index (χ2v) is 5.96. The summed E-state index contributed by atoms with van der Waals surface area (Å²) in [5, 5.41) is 7.65. The van der Waals surface area contributed by atoms with Gasteiger partial charge >= 0.3 is 0 Å². The molecule has 0 atom stereocenters. The van der Waals surface area contributed by atoms with Crippen LogP contribution in [-0.4, -0.2) is 17.4 Å². The van der Waals surface area contributed by atoms with Gasteiger partial charge in [-0.2, -0.15) is 0 Å². The van der Waals surface area contributed by atoms with Crippen LogP contribution < -0.4 is 5.32 Å². The van der Waals surface area contributed by atoms with E-state index in [0.29, 0.717) is 18.8 Å². The van der Waals surface area contributed by atoms with Crippen molar-refractivity contribution in [1.82, 2.24) is 10.3 Å². The summed E-state index contributed by atoms with van der Waals surface area (Å²) in [4.78, 5) is 17.2. The second-order valence-electron chi connectivity index (χ2n) is 3.72. The van der Waals surface area contributed by atoms with Crippen LogP contribution in [0.5, 0.6) is 0 Å². The number of nitrogens with one attached hydrogen (secondary N) is 1. The number of hydrogen-bond donors (Lipinski definition) is 1. The number of carbonyl (C=O) groups is 1. The quantitative estimate of drug-likeness (QED) is 0.834. The molecule has 0 unspecified atom stereocenters. The van der Waals surface area contributed by atoms with Gasteiger partial charge in [0.2, 0.25) is 5.91 Å². The third-order valence-corrected chi connectivity index (χ3v) is 4.43. The normalized spacial score (nSPS) is 10.5. The van der Waals surface area contributed by atoms with Crippen molar-refractivity contribution in [2.75, 3.05) is 6.54 Å². The maximum absolute atomic E-state index is 11.7. The molecular formula is C12H13ClN2OS2. The van der Waals surface area contributed by atoms with Crippen LogP contribution in [0.15, 0.2) is 22.9 Å². The number of nitrogens with zero attached hydrogens (tertiary/aromatic N) is 1. The molecule has 0 saturated carbocycles. The van der Waals surface area contributed by atoms with Crippen molar-refractivity contribution in [2.45, 2.75) is 18.7 Å². The average Bonchev–Trinajstić information content (AvgIpc) is 3.00. The van der Waals surface area contributed by atoms with E-state index in [0.717, 1.165) is 17.1 Å². The molecule has 0 spiro atoms. The molecule has 2 aromatic heterocycles. The molecule has 2 rings (SSSR count). The summed E-state index contributed by atoms with van der Waals surface area (Å²) in [6.07, 6.45) is 1.22. The standard InChI is InChI=1S/C12H13ClN2OS2/c13-7-9-8-18-12(15-9)6-11(16)14-4-3-10-2-1-5-17-10/h1-2,5,8H,3-4,6-7H2,(H,14,16). The minimum absolute atomic E-state index is 0.0158. The summed E-state index contributed by atoms with van der Waals surface area (Å²) in [5.41, 5.74) is 0.836. The van der Waals surface area contributed by atoms with Crippen LogP contribution in [0, 0.1) is 0 Å². The molecule has 6 heteroatoms. The van der Waals surface area contributed by atoms with E-state index in [1.807, 2.05) is 16.8 Å². The Kier molecular flexibility index (Phi) is 5.16. The van der Waals surface area contributed by atoms with Crippen molar-refractivity contribution in [3.05, 3.63) is 38.5 Å².